The van der Waals surface area contributed by atoms with Crippen LogP contribution in [0.1, 0.15) is 51.5 Å². The van der Waals surface area contributed by atoms with Gasteiger partial charge in [0.25, 0.3) is 0 Å². The average molecular weight is 502 g/mol. The summed E-state index contributed by atoms with van der Waals surface area (Å²) in [5.74, 6) is -1.51. The lowest BCUT2D eigenvalue weighted by molar-refractivity contribution is -0.140. The van der Waals surface area contributed by atoms with Gasteiger partial charge in [-0.05, 0) is 79.3 Å². The first-order chi connectivity index (χ1) is 16.8. The number of imide groups is 1. The lowest BCUT2D eigenvalue weighted by atomic mass is 9.58. The number of carbonyl (C=O) groups excluding carboxylic acids is 2. The molecule has 2 fully saturated rings. The van der Waals surface area contributed by atoms with Crippen molar-refractivity contribution in [2.24, 2.45) is 17.8 Å². The van der Waals surface area contributed by atoms with Crippen molar-refractivity contribution in [1.82, 2.24) is 4.90 Å². The maximum Gasteiger partial charge on any atom is 0.455 e. The first kappa shape index (κ1) is 26.0. The number of phenols is 1. The molecule has 0 bridgehead atoms. The van der Waals surface area contributed by atoms with Crippen LogP contribution in [0.15, 0.2) is 34.9 Å². The van der Waals surface area contributed by atoms with Gasteiger partial charge in [-0.3, -0.25) is 14.5 Å². The number of nitrogens with zero attached hydrogens (tertiary/aromatic N) is 1. The smallest absolute Gasteiger partial charge is 0.455 e. The number of likely N-dealkylation sites (tertiary alicyclic amines) is 1. The number of fused-ring (bicyclic) bond motifs is 3. The highest BCUT2D eigenvalue weighted by molar-refractivity contribution is 6.43. The maximum absolute atomic E-state index is 13.2. The molecule has 9 heteroatoms. The summed E-state index contributed by atoms with van der Waals surface area (Å²) in [5.41, 5.74) is 3.58. The van der Waals surface area contributed by atoms with Crippen LogP contribution >= 0.6 is 11.6 Å². The highest BCUT2D eigenvalue weighted by Crippen LogP contribution is 2.50. The van der Waals surface area contributed by atoms with Crippen LogP contribution < -0.4 is 0 Å². The van der Waals surface area contributed by atoms with Gasteiger partial charge in [0.05, 0.1) is 29.6 Å². The predicted octanol–water partition coefficient (Wildman–Crippen LogP) is 3.82. The Morgan fingerprint density at radius 2 is 2.03 bits per heavy atom. The molecule has 1 aromatic carbocycles. The molecule has 2 amide bonds. The molecule has 4 rings (SSSR count). The minimum absolute atomic E-state index is 0.109. The molecule has 2 heterocycles. The summed E-state index contributed by atoms with van der Waals surface area (Å²) in [6.45, 7) is 4.19. The Balaban J connectivity index is 1.59. The zero-order valence-electron chi connectivity index (χ0n) is 20.2. The highest BCUT2D eigenvalue weighted by Gasteiger charge is 2.56. The number of benzene rings is 1. The molecule has 7 nitrogen and oxygen atoms in total. The number of carbonyl (C=O) groups is 2. The number of phenolic OH excluding ortho intramolecular Hbond substituents is 1. The molecule has 0 radical (unpaired) electrons. The van der Waals surface area contributed by atoms with Gasteiger partial charge in [0.1, 0.15) is 5.75 Å². The van der Waals surface area contributed by atoms with Crippen LogP contribution in [0, 0.1) is 17.8 Å². The largest absolute Gasteiger partial charge is 0.508 e. The second-order valence-corrected chi connectivity index (χ2v) is 10.1. The Labute approximate surface area is 211 Å². The summed E-state index contributed by atoms with van der Waals surface area (Å²) in [6, 6.07) is 4.86. The molecule has 35 heavy (non-hydrogen) atoms. The van der Waals surface area contributed by atoms with Gasteiger partial charge < -0.3 is 19.9 Å². The molecule has 3 aliphatic rings. The minimum Gasteiger partial charge on any atom is -0.508 e. The van der Waals surface area contributed by atoms with Gasteiger partial charge in [0.2, 0.25) is 11.8 Å². The Morgan fingerprint density at radius 3 is 2.69 bits per heavy atom. The molecule has 0 spiro atoms. The zero-order chi connectivity index (χ0) is 25.3. The third-order valence-corrected chi connectivity index (χ3v) is 7.89. The molecule has 1 aliphatic carbocycles. The summed E-state index contributed by atoms with van der Waals surface area (Å²) in [5, 5.41) is 30.8. The van der Waals surface area contributed by atoms with E-state index in [1.54, 1.807) is 12.1 Å². The summed E-state index contributed by atoms with van der Waals surface area (Å²) in [7, 11) is -1.03. The minimum atomic E-state index is -1.03. The van der Waals surface area contributed by atoms with E-state index in [1.807, 2.05) is 19.9 Å². The van der Waals surface area contributed by atoms with Crippen molar-refractivity contribution in [2.75, 3.05) is 13.2 Å². The molecular weight excluding hydrogens is 469 g/mol. The fourth-order valence-corrected chi connectivity index (χ4v) is 6.17. The van der Waals surface area contributed by atoms with E-state index in [9.17, 15) is 24.8 Å². The molecule has 2 aliphatic heterocycles. The maximum atomic E-state index is 13.2. The third kappa shape index (κ3) is 5.07. The summed E-state index contributed by atoms with van der Waals surface area (Å²) in [4.78, 5) is 27.6. The molecule has 0 aromatic heterocycles. The number of amides is 2. The van der Waals surface area contributed by atoms with Crippen LogP contribution in [0.3, 0.4) is 0 Å². The Bertz CT molecular complexity index is 1060. The molecule has 0 unspecified atom stereocenters. The topological polar surface area (TPSA) is 107 Å². The SMILES string of the molecule is CCCN1C(=O)[C@@H]2[C@@H](CC(CO)=C3[C@@H](CC/C(=C/c4ccc(O)cc4Cl)CC)OB(O)C[C@@H]32)C1=O. The monoisotopic (exact) mass is 501 g/mol. The predicted molar refractivity (Wildman–Crippen MR) is 134 cm³/mol. The number of hydrogen-bond acceptors (Lipinski definition) is 6. The van der Waals surface area contributed by atoms with Crippen molar-refractivity contribution >= 4 is 36.6 Å². The number of aliphatic hydroxyl groups excluding tert-OH is 1. The summed E-state index contributed by atoms with van der Waals surface area (Å²) in [6.07, 6.45) is 4.87. The van der Waals surface area contributed by atoms with Crippen molar-refractivity contribution in [3.8, 4) is 5.75 Å². The number of allylic oxidation sites excluding steroid dienone is 1. The van der Waals surface area contributed by atoms with E-state index in [1.165, 1.54) is 11.0 Å². The van der Waals surface area contributed by atoms with E-state index in [-0.39, 0.29) is 36.4 Å². The first-order valence-electron chi connectivity index (χ1n) is 12.5. The number of rotatable bonds is 8. The van der Waals surface area contributed by atoms with Crippen LogP contribution in [0.4, 0.5) is 0 Å². The van der Waals surface area contributed by atoms with Crippen molar-refractivity contribution in [2.45, 2.75) is 58.4 Å². The van der Waals surface area contributed by atoms with Gasteiger partial charge in [0, 0.05) is 6.54 Å². The lowest BCUT2D eigenvalue weighted by Gasteiger charge is -2.43. The number of aliphatic hydroxyl groups is 1. The van der Waals surface area contributed by atoms with Gasteiger partial charge in [-0.1, -0.05) is 37.1 Å². The molecular formula is C26H33BClNO6. The molecule has 0 saturated carbocycles. The van der Waals surface area contributed by atoms with E-state index in [0.29, 0.717) is 37.3 Å². The van der Waals surface area contributed by atoms with Crippen molar-refractivity contribution < 1.29 is 29.5 Å². The zero-order valence-corrected chi connectivity index (χ0v) is 21.0. The third-order valence-electron chi connectivity index (χ3n) is 7.56. The van der Waals surface area contributed by atoms with E-state index < -0.39 is 25.1 Å². The van der Waals surface area contributed by atoms with Crippen molar-refractivity contribution in [3.05, 3.63) is 45.5 Å². The second kappa shape index (κ2) is 10.9. The van der Waals surface area contributed by atoms with Crippen LogP contribution in [0.2, 0.25) is 11.3 Å². The van der Waals surface area contributed by atoms with Gasteiger partial charge in [-0.25, -0.2) is 0 Å². The lowest BCUT2D eigenvalue weighted by Crippen LogP contribution is -2.46. The van der Waals surface area contributed by atoms with Gasteiger partial charge in [-0.2, -0.15) is 0 Å². The van der Waals surface area contributed by atoms with Gasteiger partial charge in [-0.15, -0.1) is 0 Å². The van der Waals surface area contributed by atoms with Crippen LogP contribution in [0.5, 0.6) is 5.75 Å². The number of halogens is 1. The fraction of sp³-hybridized carbons (Fsp3) is 0.538. The number of hydrogen-bond donors (Lipinski definition) is 3. The van der Waals surface area contributed by atoms with Crippen molar-refractivity contribution in [3.63, 3.8) is 0 Å². The summed E-state index contributed by atoms with van der Waals surface area (Å²) >= 11 is 6.28. The summed E-state index contributed by atoms with van der Waals surface area (Å²) < 4.78 is 5.95. The number of aromatic hydroxyl groups is 1. The molecule has 188 valence electrons. The first-order valence-corrected chi connectivity index (χ1v) is 12.9. The van der Waals surface area contributed by atoms with Crippen LogP contribution in [0.25, 0.3) is 6.08 Å². The van der Waals surface area contributed by atoms with E-state index in [4.69, 9.17) is 16.3 Å². The molecule has 1 aromatic rings. The Hall–Kier alpha value is -2.13. The Kier molecular flexibility index (Phi) is 8.06. The van der Waals surface area contributed by atoms with Crippen molar-refractivity contribution in [1.29, 1.82) is 0 Å². The van der Waals surface area contributed by atoms with E-state index in [2.05, 4.69) is 0 Å². The van der Waals surface area contributed by atoms with Crippen LogP contribution in [-0.4, -0.2) is 58.3 Å². The normalized spacial score (nSPS) is 26.9. The van der Waals surface area contributed by atoms with E-state index in [0.717, 1.165) is 28.7 Å². The standard InChI is InChI=1S/C26H33BClNO6/c1-3-9-29-25(32)19-11-17(14-30)23-20(24(19)26(29)33)13-27(34)35-22(23)8-5-15(4-2)10-16-6-7-18(31)12-21(16)28/h6-7,10,12,19-20,22,24,30-31,34H,3-5,8-9,11,13-14H2,1-2H3/b15-10+/t19-,20+,22-,24-/m1/s1. The quantitative estimate of drug-likeness (QED) is 0.284. The molecule has 4 atom stereocenters. The molecule has 2 saturated heterocycles. The second-order valence-electron chi connectivity index (χ2n) is 9.70. The van der Waals surface area contributed by atoms with E-state index >= 15 is 0 Å². The van der Waals surface area contributed by atoms with Gasteiger partial charge >= 0.3 is 7.12 Å². The van der Waals surface area contributed by atoms with Crippen LogP contribution in [-0.2, 0) is 14.2 Å². The Morgan fingerprint density at radius 1 is 1.26 bits per heavy atom. The van der Waals surface area contributed by atoms with Gasteiger partial charge in [0.15, 0.2) is 0 Å². The molecule has 3 N–H and O–H groups in total. The highest BCUT2D eigenvalue weighted by atomic mass is 35.5. The fourth-order valence-electron chi connectivity index (χ4n) is 5.94. The average Bonchev–Trinajstić information content (AvgIpc) is 3.07.